The Kier molecular flexibility index (Phi) is 3.53. The summed E-state index contributed by atoms with van der Waals surface area (Å²) in [5, 5.41) is 3.56. The first-order chi connectivity index (χ1) is 6.43. The van der Waals surface area contributed by atoms with E-state index in [2.05, 4.69) is 37.9 Å². The molecule has 0 aliphatic carbocycles. The summed E-state index contributed by atoms with van der Waals surface area (Å²) in [6.07, 6.45) is 1.09. The van der Waals surface area contributed by atoms with E-state index in [0.29, 0.717) is 6.54 Å². The molecule has 1 saturated heterocycles. The average molecular weight is 202 g/mol. The van der Waals surface area contributed by atoms with Crippen molar-refractivity contribution in [3.63, 3.8) is 0 Å². The first kappa shape index (κ1) is 11.9. The Morgan fingerprint density at radius 2 is 2.00 bits per heavy atom. The van der Waals surface area contributed by atoms with Gasteiger partial charge in [-0.25, -0.2) is 4.39 Å². The number of halogens is 1. The average Bonchev–Trinajstić information content (AvgIpc) is 2.13. The molecule has 1 aliphatic rings. The minimum atomic E-state index is -0.247. The topological polar surface area (TPSA) is 15.3 Å². The van der Waals surface area contributed by atoms with Gasteiger partial charge in [-0.1, -0.05) is 6.92 Å². The van der Waals surface area contributed by atoms with E-state index in [1.165, 1.54) is 0 Å². The Bertz CT molecular complexity index is 194. The Hall–Kier alpha value is -0.150. The van der Waals surface area contributed by atoms with Gasteiger partial charge in [0.05, 0.1) is 0 Å². The van der Waals surface area contributed by atoms with Crippen LogP contribution in [0.15, 0.2) is 0 Å². The summed E-state index contributed by atoms with van der Waals surface area (Å²) in [4.78, 5) is 2.26. The van der Waals surface area contributed by atoms with Gasteiger partial charge in [0, 0.05) is 30.7 Å². The third-order valence-corrected chi connectivity index (χ3v) is 3.48. The molecule has 1 N–H and O–H groups in total. The predicted molar refractivity (Wildman–Crippen MR) is 58.3 cm³/mol. The van der Waals surface area contributed by atoms with Crippen LogP contribution in [0.25, 0.3) is 0 Å². The van der Waals surface area contributed by atoms with E-state index in [4.69, 9.17) is 0 Å². The van der Waals surface area contributed by atoms with Crippen molar-refractivity contribution in [1.29, 1.82) is 0 Å². The highest BCUT2D eigenvalue weighted by Crippen LogP contribution is 2.24. The largest absolute Gasteiger partial charge is 0.308 e. The second-order valence-electron chi connectivity index (χ2n) is 5.19. The van der Waals surface area contributed by atoms with Crippen LogP contribution in [-0.2, 0) is 0 Å². The molecule has 0 aromatic heterocycles. The van der Waals surface area contributed by atoms with Gasteiger partial charge >= 0.3 is 0 Å². The first-order valence-electron chi connectivity index (χ1n) is 5.49. The highest BCUT2D eigenvalue weighted by Gasteiger charge is 2.38. The molecule has 0 spiro atoms. The molecule has 2 nitrogen and oxygen atoms in total. The third-order valence-electron chi connectivity index (χ3n) is 3.48. The minimum Gasteiger partial charge on any atom is -0.308 e. The summed E-state index contributed by atoms with van der Waals surface area (Å²) < 4.78 is 12.4. The monoisotopic (exact) mass is 202 g/mol. The summed E-state index contributed by atoms with van der Waals surface area (Å²) in [6, 6.07) is 0. The molecule has 0 aromatic rings. The molecule has 1 rings (SSSR count). The minimum absolute atomic E-state index is 0.0841. The highest BCUT2D eigenvalue weighted by atomic mass is 19.1. The van der Waals surface area contributed by atoms with E-state index < -0.39 is 0 Å². The van der Waals surface area contributed by atoms with Crippen LogP contribution in [0, 0.1) is 0 Å². The zero-order valence-electron chi connectivity index (χ0n) is 9.86. The molecule has 1 unspecified atom stereocenters. The number of hydrogen-bond acceptors (Lipinski definition) is 2. The maximum Gasteiger partial charge on any atom is 0.102 e. The zero-order valence-corrected chi connectivity index (χ0v) is 9.86. The lowest BCUT2D eigenvalue weighted by molar-refractivity contribution is 0.0271. The standard InChI is InChI=1S/C11H23FN2/c1-5-11(4)9-14(7-6-12)10(2,3)8-13-11/h13H,5-9H2,1-4H3. The Morgan fingerprint density at radius 1 is 1.36 bits per heavy atom. The van der Waals surface area contributed by atoms with Gasteiger partial charge in [-0.2, -0.15) is 0 Å². The van der Waals surface area contributed by atoms with Crippen LogP contribution in [0.2, 0.25) is 0 Å². The summed E-state index contributed by atoms with van der Waals surface area (Å²) in [7, 11) is 0. The molecule has 0 saturated carbocycles. The number of nitrogens with zero attached hydrogens (tertiary/aromatic N) is 1. The summed E-state index contributed by atoms with van der Waals surface area (Å²) >= 11 is 0. The number of piperazine rings is 1. The van der Waals surface area contributed by atoms with E-state index in [0.717, 1.165) is 19.5 Å². The molecule has 0 aromatic carbocycles. The number of alkyl halides is 1. The van der Waals surface area contributed by atoms with Crippen molar-refractivity contribution in [1.82, 2.24) is 10.2 Å². The van der Waals surface area contributed by atoms with Crippen molar-refractivity contribution in [3.8, 4) is 0 Å². The van der Waals surface area contributed by atoms with Gasteiger partial charge in [0.1, 0.15) is 6.67 Å². The fraction of sp³-hybridized carbons (Fsp3) is 1.00. The third kappa shape index (κ3) is 2.45. The van der Waals surface area contributed by atoms with Crippen molar-refractivity contribution < 1.29 is 4.39 Å². The molecule has 0 bridgehead atoms. The van der Waals surface area contributed by atoms with Crippen LogP contribution in [0.4, 0.5) is 4.39 Å². The predicted octanol–water partition coefficient (Wildman–Crippen LogP) is 1.81. The van der Waals surface area contributed by atoms with Crippen molar-refractivity contribution in [2.75, 3.05) is 26.3 Å². The quantitative estimate of drug-likeness (QED) is 0.751. The summed E-state index contributed by atoms with van der Waals surface area (Å²) in [6.45, 7) is 10.9. The van der Waals surface area contributed by atoms with Crippen LogP contribution in [0.3, 0.4) is 0 Å². The Balaban J connectivity index is 2.67. The van der Waals surface area contributed by atoms with Crippen LogP contribution < -0.4 is 5.32 Å². The van der Waals surface area contributed by atoms with Gasteiger partial charge in [-0.3, -0.25) is 4.90 Å². The van der Waals surface area contributed by atoms with Gasteiger partial charge in [0.25, 0.3) is 0 Å². The van der Waals surface area contributed by atoms with Crippen LogP contribution in [-0.4, -0.2) is 42.3 Å². The Labute approximate surface area is 86.9 Å². The lowest BCUT2D eigenvalue weighted by Crippen LogP contribution is -2.67. The van der Waals surface area contributed by atoms with Crippen LogP contribution >= 0.6 is 0 Å². The SMILES string of the molecule is CCC1(C)CN(CCF)C(C)(C)CN1. The summed E-state index contributed by atoms with van der Waals surface area (Å²) in [5.41, 5.74) is 0.242. The van der Waals surface area contributed by atoms with E-state index in [9.17, 15) is 4.39 Å². The molecular formula is C11H23FN2. The molecule has 1 heterocycles. The Morgan fingerprint density at radius 3 is 2.50 bits per heavy atom. The molecule has 84 valence electrons. The van der Waals surface area contributed by atoms with Gasteiger partial charge < -0.3 is 5.32 Å². The second-order valence-corrected chi connectivity index (χ2v) is 5.19. The van der Waals surface area contributed by atoms with Crippen molar-refractivity contribution in [2.24, 2.45) is 0 Å². The highest BCUT2D eigenvalue weighted by molar-refractivity contribution is 4.98. The molecule has 1 atom stereocenters. The van der Waals surface area contributed by atoms with Gasteiger partial charge in [-0.05, 0) is 27.2 Å². The normalized spacial score (nSPS) is 33.2. The lowest BCUT2D eigenvalue weighted by Gasteiger charge is -2.50. The van der Waals surface area contributed by atoms with Crippen molar-refractivity contribution >= 4 is 0 Å². The van der Waals surface area contributed by atoms with E-state index in [1.54, 1.807) is 0 Å². The fourth-order valence-corrected chi connectivity index (χ4v) is 1.95. The fourth-order valence-electron chi connectivity index (χ4n) is 1.95. The smallest absolute Gasteiger partial charge is 0.102 e. The van der Waals surface area contributed by atoms with Crippen molar-refractivity contribution in [3.05, 3.63) is 0 Å². The number of nitrogens with one attached hydrogen (secondary N) is 1. The van der Waals surface area contributed by atoms with E-state index in [1.807, 2.05) is 0 Å². The molecule has 0 radical (unpaired) electrons. The molecular weight excluding hydrogens is 179 g/mol. The molecule has 3 heteroatoms. The van der Waals surface area contributed by atoms with Gasteiger partial charge in [0.15, 0.2) is 0 Å². The van der Waals surface area contributed by atoms with Crippen LogP contribution in [0.5, 0.6) is 0 Å². The number of hydrogen-bond donors (Lipinski definition) is 1. The maximum absolute atomic E-state index is 12.4. The van der Waals surface area contributed by atoms with Gasteiger partial charge in [-0.15, -0.1) is 0 Å². The molecule has 14 heavy (non-hydrogen) atoms. The second kappa shape index (κ2) is 4.15. The van der Waals surface area contributed by atoms with Crippen molar-refractivity contribution in [2.45, 2.75) is 45.2 Å². The van der Waals surface area contributed by atoms with E-state index >= 15 is 0 Å². The molecule has 1 aliphatic heterocycles. The lowest BCUT2D eigenvalue weighted by atomic mass is 9.88. The summed E-state index contributed by atoms with van der Waals surface area (Å²) in [5.74, 6) is 0. The first-order valence-corrected chi connectivity index (χ1v) is 5.49. The maximum atomic E-state index is 12.4. The number of rotatable bonds is 3. The zero-order chi connectivity index (χ0) is 10.8. The van der Waals surface area contributed by atoms with Crippen LogP contribution in [0.1, 0.15) is 34.1 Å². The van der Waals surface area contributed by atoms with E-state index in [-0.39, 0.29) is 17.8 Å². The molecule has 1 fully saturated rings. The van der Waals surface area contributed by atoms with Gasteiger partial charge in [0.2, 0.25) is 0 Å². The molecule has 0 amide bonds.